The molecule has 3 aliphatic heterocycles. The molecule has 3 fully saturated rings. The second-order valence-corrected chi connectivity index (χ2v) is 12.6. The first-order chi connectivity index (χ1) is 24.7. The monoisotopic (exact) mass is 740 g/mol. The molecule has 4 heterocycles. The maximum atomic E-state index is 13.5. The summed E-state index contributed by atoms with van der Waals surface area (Å²) in [7, 11) is 0. The number of carbonyl (C=O) groups excluding carboxylic acids is 4. The molecule has 286 valence electrons. The Hall–Kier alpha value is -4.74. The van der Waals surface area contributed by atoms with Crippen molar-refractivity contribution in [3.63, 3.8) is 0 Å². The summed E-state index contributed by atoms with van der Waals surface area (Å²) < 4.78 is 62.1. The van der Waals surface area contributed by atoms with Crippen molar-refractivity contribution in [1.29, 1.82) is 0 Å². The fourth-order valence-electron chi connectivity index (χ4n) is 5.79. The van der Waals surface area contributed by atoms with Gasteiger partial charge < -0.3 is 39.9 Å². The van der Waals surface area contributed by atoms with Gasteiger partial charge in [-0.1, -0.05) is 12.1 Å². The van der Waals surface area contributed by atoms with Crippen molar-refractivity contribution in [1.82, 2.24) is 30.3 Å². The van der Waals surface area contributed by atoms with Crippen LogP contribution in [-0.2, 0) is 19.1 Å². The predicted octanol–water partition coefficient (Wildman–Crippen LogP) is 3.14. The zero-order valence-electron chi connectivity index (χ0n) is 28.9. The molecule has 0 aliphatic carbocycles. The second-order valence-electron chi connectivity index (χ2n) is 12.6. The normalized spacial score (nSPS) is 18.8. The van der Waals surface area contributed by atoms with Crippen molar-refractivity contribution in [3.8, 4) is 5.75 Å². The third-order valence-corrected chi connectivity index (χ3v) is 8.81. The molecule has 0 spiro atoms. The zero-order chi connectivity index (χ0) is 37.9. The number of aliphatic carboxylic acids is 1. The van der Waals surface area contributed by atoms with Crippen molar-refractivity contribution in [2.75, 3.05) is 65.6 Å². The van der Waals surface area contributed by atoms with E-state index in [1.165, 1.54) is 20.8 Å². The quantitative estimate of drug-likeness (QED) is 0.308. The number of hydrogen-bond acceptors (Lipinski definition) is 9. The Bertz CT molecular complexity index is 1570. The van der Waals surface area contributed by atoms with Gasteiger partial charge in [0.1, 0.15) is 17.5 Å². The van der Waals surface area contributed by atoms with E-state index in [1.807, 2.05) is 0 Å². The van der Waals surface area contributed by atoms with Crippen LogP contribution in [0.3, 0.4) is 0 Å². The lowest BCUT2D eigenvalue weighted by atomic mass is 10.1. The number of carboxylic acid groups (broad SMARTS) is 1. The number of rotatable bonds is 10. The molecule has 52 heavy (non-hydrogen) atoms. The summed E-state index contributed by atoms with van der Waals surface area (Å²) in [5.41, 5.74) is 0.229. The van der Waals surface area contributed by atoms with E-state index < -0.39 is 67.1 Å². The lowest BCUT2D eigenvalue weighted by molar-refractivity contribution is -0.140. The lowest BCUT2D eigenvalue weighted by Crippen LogP contribution is -2.56. The number of alkyl halides is 4. The molecular weight excluding hydrogens is 696 g/mol. The molecule has 0 radical (unpaired) electrons. The molecule has 0 unspecified atom stereocenters. The van der Waals surface area contributed by atoms with Crippen molar-refractivity contribution in [2.45, 2.75) is 63.3 Å². The first kappa shape index (κ1) is 40.0. The first-order valence-corrected chi connectivity index (χ1v) is 17.2. The molecule has 1 aromatic heterocycles. The number of nitrogens with zero attached hydrogens (tertiary/aromatic N) is 4. The van der Waals surface area contributed by atoms with Gasteiger partial charge in [-0.2, -0.15) is 0 Å². The highest BCUT2D eigenvalue weighted by Gasteiger charge is 2.36. The van der Waals surface area contributed by atoms with Crippen LogP contribution in [0.15, 0.2) is 30.3 Å². The number of halogens is 4. The molecular formula is C34H44F4N6O8. The van der Waals surface area contributed by atoms with Gasteiger partial charge >= 0.3 is 12.1 Å². The number of hydrogen-bond donors (Lipinski definition) is 3. The summed E-state index contributed by atoms with van der Waals surface area (Å²) in [6.07, 6.45) is -1.90. The van der Waals surface area contributed by atoms with Crippen LogP contribution in [0.1, 0.15) is 55.9 Å². The summed E-state index contributed by atoms with van der Waals surface area (Å²) in [4.78, 5) is 71.3. The Labute approximate surface area is 297 Å². The van der Waals surface area contributed by atoms with Gasteiger partial charge in [-0.3, -0.25) is 19.2 Å². The molecule has 1 atom stereocenters. The minimum atomic E-state index is -2.80. The van der Waals surface area contributed by atoms with Crippen molar-refractivity contribution in [2.24, 2.45) is 0 Å². The number of amides is 4. The minimum absolute atomic E-state index is 0.00694. The van der Waals surface area contributed by atoms with Gasteiger partial charge in [0.05, 0.1) is 12.1 Å². The Kier molecular flexibility index (Phi) is 14.0. The van der Waals surface area contributed by atoms with Gasteiger partial charge in [0.25, 0.3) is 23.7 Å². The molecule has 0 bridgehead atoms. The van der Waals surface area contributed by atoms with Crippen LogP contribution >= 0.6 is 0 Å². The molecule has 0 saturated carbocycles. The summed E-state index contributed by atoms with van der Waals surface area (Å²) in [6.45, 7) is 2.98. The number of pyridine rings is 1. The fraction of sp³-hybridized carbons (Fsp3) is 0.588. The molecule has 4 amide bonds. The molecule has 18 heteroatoms. The maximum absolute atomic E-state index is 13.5. The van der Waals surface area contributed by atoms with E-state index in [0.717, 1.165) is 0 Å². The number of ether oxygens (including phenoxy) is 2. The number of aromatic nitrogens is 1. The van der Waals surface area contributed by atoms with Gasteiger partial charge in [0.15, 0.2) is 6.61 Å². The molecule has 1 aromatic carbocycles. The summed E-state index contributed by atoms with van der Waals surface area (Å²) >= 11 is 0. The number of benzene rings is 1. The van der Waals surface area contributed by atoms with Gasteiger partial charge in [-0.05, 0) is 25.5 Å². The number of piperazine rings is 1. The smallest absolute Gasteiger partial charge is 0.409 e. The van der Waals surface area contributed by atoms with E-state index in [0.29, 0.717) is 24.0 Å². The van der Waals surface area contributed by atoms with Crippen LogP contribution in [0.2, 0.25) is 0 Å². The number of carboxylic acids is 1. The van der Waals surface area contributed by atoms with E-state index in [2.05, 4.69) is 15.6 Å². The molecule has 3 N–H and O–H groups in total. The third kappa shape index (κ3) is 11.6. The van der Waals surface area contributed by atoms with Crippen LogP contribution < -0.4 is 15.4 Å². The van der Waals surface area contributed by atoms with E-state index in [9.17, 15) is 46.6 Å². The number of piperidine rings is 2. The number of carbonyl (C=O) groups is 5. The van der Waals surface area contributed by atoms with E-state index in [1.54, 1.807) is 31.2 Å². The molecule has 2 aromatic rings. The average Bonchev–Trinajstić information content (AvgIpc) is 3.12. The van der Waals surface area contributed by atoms with Crippen LogP contribution in [0.4, 0.5) is 22.4 Å². The van der Waals surface area contributed by atoms with Crippen molar-refractivity contribution >= 4 is 40.7 Å². The third-order valence-electron chi connectivity index (χ3n) is 8.81. The Morgan fingerprint density at radius 2 is 1.52 bits per heavy atom. The van der Waals surface area contributed by atoms with Gasteiger partial charge in [-0.25, -0.2) is 27.3 Å². The number of fused-ring (bicyclic) bond motifs is 1. The minimum Gasteiger partial charge on any atom is -0.483 e. The van der Waals surface area contributed by atoms with Crippen molar-refractivity contribution in [3.05, 3.63) is 36.0 Å². The Balaban J connectivity index is 0.000000666. The first-order valence-electron chi connectivity index (χ1n) is 17.2. The summed E-state index contributed by atoms with van der Waals surface area (Å²) in [6, 6.07) is 6.84. The van der Waals surface area contributed by atoms with E-state index in [4.69, 9.17) is 9.47 Å². The molecule has 5 rings (SSSR count). The SMILES string of the molecule is CCOC(=O)N1CCN(C(=O)[C@H](CCC(=O)O)NC(=O)c2cc(OCC(=O)N3CCC(F)(F)CC3)c3ccccc3n2)CC1.FC1(F)CCNCC1. The highest BCUT2D eigenvalue weighted by molar-refractivity contribution is 5.99. The summed E-state index contributed by atoms with van der Waals surface area (Å²) in [5, 5.41) is 15.2. The van der Waals surface area contributed by atoms with Crippen molar-refractivity contribution < 1.29 is 56.1 Å². The van der Waals surface area contributed by atoms with Crippen LogP contribution in [-0.4, -0.2) is 138 Å². The average molecular weight is 741 g/mol. The Morgan fingerprint density at radius 3 is 2.12 bits per heavy atom. The highest BCUT2D eigenvalue weighted by atomic mass is 19.3. The topological polar surface area (TPSA) is 171 Å². The molecule has 14 nitrogen and oxygen atoms in total. The number of para-hydroxylation sites is 1. The van der Waals surface area contributed by atoms with Gasteiger partial charge in [-0.15, -0.1) is 0 Å². The van der Waals surface area contributed by atoms with E-state index in [-0.39, 0.29) is 83.0 Å². The summed E-state index contributed by atoms with van der Waals surface area (Å²) in [5.74, 6) is -7.93. The highest BCUT2D eigenvalue weighted by Crippen LogP contribution is 2.29. The fourth-order valence-corrected chi connectivity index (χ4v) is 5.79. The van der Waals surface area contributed by atoms with E-state index >= 15 is 0 Å². The number of likely N-dealkylation sites (tertiary alicyclic amines) is 1. The molecule has 3 saturated heterocycles. The van der Waals surface area contributed by atoms with Crippen LogP contribution in [0, 0.1) is 0 Å². The van der Waals surface area contributed by atoms with Crippen LogP contribution in [0.5, 0.6) is 5.75 Å². The maximum Gasteiger partial charge on any atom is 0.409 e. The molecule has 3 aliphatic rings. The predicted molar refractivity (Wildman–Crippen MR) is 178 cm³/mol. The second kappa shape index (κ2) is 18.1. The largest absolute Gasteiger partial charge is 0.483 e. The van der Waals surface area contributed by atoms with Crippen LogP contribution in [0.25, 0.3) is 10.9 Å². The Morgan fingerprint density at radius 1 is 0.904 bits per heavy atom. The standard InChI is InChI=1S/C29H35F2N5O8.C5H9F2N/c1-2-43-28(42)36-15-13-35(14-16-36)27(41)21(7-8-25(38)39)33-26(40)22-17-23(19-5-3-4-6-20(19)32-22)44-18-24(37)34-11-9-29(30,31)10-12-34;6-5(7)1-3-8-4-2-5/h3-6,17,21H,2,7-16,18H2,1H3,(H,33,40)(H,38,39);8H,1-4H2/t21-;/m0./s1. The lowest BCUT2D eigenvalue weighted by Gasteiger charge is -2.35. The van der Waals surface area contributed by atoms with Gasteiger partial charge in [0.2, 0.25) is 5.91 Å². The van der Waals surface area contributed by atoms with Gasteiger partial charge in [0, 0.05) is 95.9 Å². The zero-order valence-corrected chi connectivity index (χ0v) is 28.9. The number of nitrogens with one attached hydrogen (secondary N) is 2.